The third-order valence-corrected chi connectivity index (χ3v) is 2.17. The van der Waals surface area contributed by atoms with Crippen LogP contribution in [0.15, 0.2) is 18.9 Å². The van der Waals surface area contributed by atoms with Crippen LogP contribution in [-0.2, 0) is 0 Å². The van der Waals surface area contributed by atoms with E-state index in [-0.39, 0.29) is 11.3 Å². The van der Waals surface area contributed by atoms with Crippen LogP contribution in [0.2, 0.25) is 5.28 Å². The maximum absolute atomic E-state index is 5.77. The zero-order valence-corrected chi connectivity index (χ0v) is 8.91. The molecule has 6 heteroatoms. The second kappa shape index (κ2) is 3.86. The number of fused-ring (bicyclic) bond motifs is 1. The Labute approximate surface area is 91.6 Å². The van der Waals surface area contributed by atoms with Crippen molar-refractivity contribution in [2.45, 2.75) is 13.0 Å². The molecule has 78 valence electrons. The molecule has 2 aromatic rings. The number of hydrogen-bond donors (Lipinski definition) is 2. The second-order valence-corrected chi connectivity index (χ2v) is 3.48. The van der Waals surface area contributed by atoms with Crippen molar-refractivity contribution in [1.29, 1.82) is 0 Å². The summed E-state index contributed by atoms with van der Waals surface area (Å²) in [7, 11) is 0. The Kier molecular flexibility index (Phi) is 2.55. The fraction of sp³-hybridized carbons (Fsp3) is 0.222. The van der Waals surface area contributed by atoms with Crippen molar-refractivity contribution in [2.75, 3.05) is 5.32 Å². The molecule has 15 heavy (non-hydrogen) atoms. The topological polar surface area (TPSA) is 66.5 Å². The minimum atomic E-state index is 0.106. The summed E-state index contributed by atoms with van der Waals surface area (Å²) in [6, 6.07) is 0.106. The van der Waals surface area contributed by atoms with Crippen LogP contribution in [0.3, 0.4) is 0 Å². The molecular formula is C9H10ClN5. The minimum absolute atomic E-state index is 0.106. The summed E-state index contributed by atoms with van der Waals surface area (Å²) in [5, 5.41) is 10.8. The summed E-state index contributed by atoms with van der Waals surface area (Å²) in [6.07, 6.45) is 3.44. The van der Waals surface area contributed by atoms with Crippen LogP contribution >= 0.6 is 11.6 Å². The molecule has 2 heterocycles. The molecular weight excluding hydrogens is 214 g/mol. The van der Waals surface area contributed by atoms with E-state index < -0.39 is 0 Å². The highest BCUT2D eigenvalue weighted by Crippen LogP contribution is 2.20. The molecule has 0 aromatic carbocycles. The molecule has 0 fully saturated rings. The fourth-order valence-corrected chi connectivity index (χ4v) is 1.36. The van der Waals surface area contributed by atoms with Gasteiger partial charge in [0.1, 0.15) is 5.82 Å². The van der Waals surface area contributed by atoms with Gasteiger partial charge in [0.15, 0.2) is 5.65 Å². The van der Waals surface area contributed by atoms with Gasteiger partial charge in [-0.1, -0.05) is 6.08 Å². The van der Waals surface area contributed by atoms with Crippen LogP contribution in [0.25, 0.3) is 11.0 Å². The zero-order chi connectivity index (χ0) is 10.8. The van der Waals surface area contributed by atoms with Gasteiger partial charge in [-0.25, -0.2) is 0 Å². The average Bonchev–Trinajstić information content (AvgIpc) is 2.65. The van der Waals surface area contributed by atoms with E-state index in [2.05, 4.69) is 32.1 Å². The molecule has 1 atom stereocenters. The Morgan fingerprint density at radius 1 is 1.60 bits per heavy atom. The molecule has 0 aliphatic heterocycles. The number of aromatic amines is 1. The summed E-state index contributed by atoms with van der Waals surface area (Å²) < 4.78 is 0. The van der Waals surface area contributed by atoms with E-state index in [0.29, 0.717) is 11.5 Å². The fourth-order valence-electron chi connectivity index (χ4n) is 1.19. The van der Waals surface area contributed by atoms with E-state index in [1.54, 1.807) is 12.3 Å². The maximum Gasteiger partial charge on any atom is 0.226 e. The van der Waals surface area contributed by atoms with Crippen molar-refractivity contribution in [3.63, 3.8) is 0 Å². The summed E-state index contributed by atoms with van der Waals surface area (Å²) >= 11 is 5.77. The van der Waals surface area contributed by atoms with Crippen LogP contribution in [0.4, 0.5) is 5.82 Å². The molecule has 0 bridgehead atoms. The van der Waals surface area contributed by atoms with Gasteiger partial charge in [0, 0.05) is 6.04 Å². The van der Waals surface area contributed by atoms with Crippen molar-refractivity contribution in [3.8, 4) is 0 Å². The van der Waals surface area contributed by atoms with Crippen LogP contribution in [0.5, 0.6) is 0 Å². The van der Waals surface area contributed by atoms with E-state index in [0.717, 1.165) is 5.39 Å². The summed E-state index contributed by atoms with van der Waals surface area (Å²) in [4.78, 5) is 8.10. The van der Waals surface area contributed by atoms with Gasteiger partial charge in [0.25, 0.3) is 0 Å². The Morgan fingerprint density at radius 3 is 3.13 bits per heavy atom. The summed E-state index contributed by atoms with van der Waals surface area (Å²) in [5.41, 5.74) is 0.619. The monoisotopic (exact) mass is 223 g/mol. The van der Waals surface area contributed by atoms with E-state index in [1.807, 2.05) is 6.92 Å². The molecule has 0 amide bonds. The Morgan fingerprint density at radius 2 is 2.40 bits per heavy atom. The van der Waals surface area contributed by atoms with Gasteiger partial charge in [-0.15, -0.1) is 6.58 Å². The first kappa shape index (κ1) is 9.92. The van der Waals surface area contributed by atoms with Crippen LogP contribution in [0, 0.1) is 0 Å². The van der Waals surface area contributed by atoms with Gasteiger partial charge in [0.05, 0.1) is 11.6 Å². The molecule has 1 unspecified atom stereocenters. The van der Waals surface area contributed by atoms with E-state index in [4.69, 9.17) is 11.6 Å². The molecule has 2 N–H and O–H groups in total. The number of nitrogens with one attached hydrogen (secondary N) is 2. The lowest BCUT2D eigenvalue weighted by molar-refractivity contribution is 0.984. The second-order valence-electron chi connectivity index (χ2n) is 3.14. The lowest BCUT2D eigenvalue weighted by atomic mass is 10.3. The molecule has 2 rings (SSSR count). The smallest absolute Gasteiger partial charge is 0.226 e. The Balaban J connectivity index is 2.48. The molecule has 0 aliphatic carbocycles. The Bertz CT molecular complexity index is 492. The van der Waals surface area contributed by atoms with Crippen molar-refractivity contribution in [1.82, 2.24) is 20.2 Å². The van der Waals surface area contributed by atoms with Crippen LogP contribution in [-0.4, -0.2) is 26.2 Å². The lowest BCUT2D eigenvalue weighted by Gasteiger charge is -2.10. The van der Waals surface area contributed by atoms with Gasteiger partial charge >= 0.3 is 0 Å². The highest BCUT2D eigenvalue weighted by Gasteiger charge is 2.09. The first-order valence-electron chi connectivity index (χ1n) is 4.46. The number of halogens is 1. The molecule has 5 nitrogen and oxygen atoms in total. The summed E-state index contributed by atoms with van der Waals surface area (Å²) in [5.74, 6) is 0.658. The number of aromatic nitrogens is 4. The third kappa shape index (κ3) is 1.92. The maximum atomic E-state index is 5.77. The first-order chi connectivity index (χ1) is 7.20. The quantitative estimate of drug-likeness (QED) is 0.617. The largest absolute Gasteiger partial charge is 0.363 e. The highest BCUT2D eigenvalue weighted by atomic mass is 35.5. The van der Waals surface area contributed by atoms with Crippen LogP contribution in [0.1, 0.15) is 6.92 Å². The van der Waals surface area contributed by atoms with Gasteiger partial charge in [-0.2, -0.15) is 15.1 Å². The standard InChI is InChI=1S/C9H10ClN5/c1-3-5(2)12-7-6-4-11-15-8(6)14-9(10)13-7/h3-5H,1H2,2H3,(H2,11,12,13,14,15). The number of hydrogen-bond acceptors (Lipinski definition) is 4. The zero-order valence-electron chi connectivity index (χ0n) is 8.16. The SMILES string of the molecule is C=CC(C)Nc1nc(Cl)nc2[nH]ncc12. The Hall–Kier alpha value is -1.62. The van der Waals surface area contributed by atoms with Gasteiger partial charge in [0.2, 0.25) is 5.28 Å². The number of H-pyrrole nitrogens is 1. The molecule has 0 aliphatic rings. The predicted molar refractivity (Wildman–Crippen MR) is 60.0 cm³/mol. The molecule has 0 saturated carbocycles. The number of anilines is 1. The van der Waals surface area contributed by atoms with E-state index in [9.17, 15) is 0 Å². The van der Waals surface area contributed by atoms with Gasteiger partial charge < -0.3 is 5.32 Å². The molecule has 0 spiro atoms. The van der Waals surface area contributed by atoms with E-state index in [1.165, 1.54) is 0 Å². The number of nitrogens with zero attached hydrogens (tertiary/aromatic N) is 3. The van der Waals surface area contributed by atoms with Crippen molar-refractivity contribution >= 4 is 28.5 Å². The van der Waals surface area contributed by atoms with Crippen molar-refractivity contribution in [3.05, 3.63) is 24.1 Å². The molecule has 2 aromatic heterocycles. The lowest BCUT2D eigenvalue weighted by Crippen LogP contribution is -2.13. The number of rotatable bonds is 3. The molecule has 0 radical (unpaired) electrons. The predicted octanol–water partition coefficient (Wildman–Crippen LogP) is 1.99. The minimum Gasteiger partial charge on any atom is -0.363 e. The van der Waals surface area contributed by atoms with Crippen molar-refractivity contribution < 1.29 is 0 Å². The van der Waals surface area contributed by atoms with Crippen LogP contribution < -0.4 is 5.32 Å². The molecule has 0 saturated heterocycles. The van der Waals surface area contributed by atoms with Crippen molar-refractivity contribution in [2.24, 2.45) is 0 Å². The summed E-state index contributed by atoms with van der Waals surface area (Å²) in [6.45, 7) is 5.65. The third-order valence-electron chi connectivity index (χ3n) is 2.00. The average molecular weight is 224 g/mol. The van der Waals surface area contributed by atoms with E-state index >= 15 is 0 Å². The van der Waals surface area contributed by atoms with Gasteiger partial charge in [-0.05, 0) is 18.5 Å². The highest BCUT2D eigenvalue weighted by molar-refractivity contribution is 6.28. The normalized spacial score (nSPS) is 12.7. The van der Waals surface area contributed by atoms with Gasteiger partial charge in [-0.3, -0.25) is 5.10 Å². The first-order valence-corrected chi connectivity index (χ1v) is 4.84.